The number of rotatable bonds is 2. The zero-order valence-electron chi connectivity index (χ0n) is 6.62. The normalized spacial score (nSPS) is 11.5. The molecule has 0 amide bonds. The topological polar surface area (TPSA) is 64.9 Å². The van der Waals surface area contributed by atoms with Gasteiger partial charge in [-0.05, 0) is 18.6 Å². The molecule has 0 aliphatic rings. The smallest absolute Gasteiger partial charge is 0.0649 e. The first-order valence-corrected chi connectivity index (χ1v) is 3.54. The van der Waals surface area contributed by atoms with E-state index in [1.165, 1.54) is 0 Å². The summed E-state index contributed by atoms with van der Waals surface area (Å²) in [5.41, 5.74) is 11.7. The van der Waals surface area contributed by atoms with E-state index < -0.39 is 5.66 Å². The molecule has 0 aliphatic heterocycles. The fourth-order valence-corrected chi connectivity index (χ4v) is 0.943. The van der Waals surface area contributed by atoms with E-state index in [2.05, 4.69) is 4.98 Å². The lowest BCUT2D eigenvalue weighted by atomic mass is 10.1. The molecule has 0 aliphatic carbocycles. The molecule has 0 atom stereocenters. The lowest BCUT2D eigenvalue weighted by Crippen LogP contribution is -2.48. The quantitative estimate of drug-likeness (QED) is 0.596. The third-order valence-electron chi connectivity index (χ3n) is 1.31. The minimum atomic E-state index is -0.636. The van der Waals surface area contributed by atoms with Crippen LogP contribution in [0, 0.1) is 0 Å². The zero-order chi connectivity index (χ0) is 8.32. The van der Waals surface area contributed by atoms with Gasteiger partial charge in [0.25, 0.3) is 0 Å². The van der Waals surface area contributed by atoms with Crippen molar-refractivity contribution in [2.75, 3.05) is 0 Å². The third kappa shape index (κ3) is 3.11. The van der Waals surface area contributed by atoms with Crippen LogP contribution in [0.3, 0.4) is 0 Å². The Morgan fingerprint density at radius 3 is 2.73 bits per heavy atom. The average Bonchev–Trinajstić information content (AvgIpc) is 1.85. The Hall–Kier alpha value is -0.930. The molecule has 60 valence electrons. The number of hydrogen-bond donors (Lipinski definition) is 2. The van der Waals surface area contributed by atoms with Crippen LogP contribution in [0.4, 0.5) is 0 Å². The Bertz CT molecular complexity index is 213. The van der Waals surface area contributed by atoms with Gasteiger partial charge < -0.3 is 11.5 Å². The molecule has 1 rings (SSSR count). The second-order valence-corrected chi connectivity index (χ2v) is 3.04. The van der Waals surface area contributed by atoms with E-state index in [-0.39, 0.29) is 0 Å². The molecular weight excluding hydrogens is 138 g/mol. The van der Waals surface area contributed by atoms with Gasteiger partial charge >= 0.3 is 0 Å². The van der Waals surface area contributed by atoms with Gasteiger partial charge in [0, 0.05) is 18.8 Å². The molecule has 0 radical (unpaired) electrons. The van der Waals surface area contributed by atoms with Crippen LogP contribution in [0.15, 0.2) is 24.5 Å². The molecule has 0 saturated carbocycles. The summed E-state index contributed by atoms with van der Waals surface area (Å²) >= 11 is 0. The molecule has 0 saturated heterocycles. The summed E-state index contributed by atoms with van der Waals surface area (Å²) in [4.78, 5) is 3.96. The lowest BCUT2D eigenvalue weighted by molar-refractivity contribution is 0.487. The largest absolute Gasteiger partial charge is 0.313 e. The summed E-state index contributed by atoms with van der Waals surface area (Å²) < 4.78 is 0. The van der Waals surface area contributed by atoms with Crippen LogP contribution < -0.4 is 11.5 Å². The van der Waals surface area contributed by atoms with Crippen molar-refractivity contribution in [3.63, 3.8) is 0 Å². The van der Waals surface area contributed by atoms with E-state index in [0.717, 1.165) is 5.56 Å². The van der Waals surface area contributed by atoms with Crippen molar-refractivity contribution in [3.8, 4) is 0 Å². The Morgan fingerprint density at radius 1 is 1.55 bits per heavy atom. The molecular formula is C8H13N3. The SMILES string of the molecule is CC(N)(N)Cc1cccnc1. The fraction of sp³-hybridized carbons (Fsp3) is 0.375. The molecule has 0 unspecified atom stereocenters. The third-order valence-corrected chi connectivity index (χ3v) is 1.31. The van der Waals surface area contributed by atoms with Gasteiger partial charge in [-0.15, -0.1) is 0 Å². The first kappa shape index (κ1) is 8.17. The highest BCUT2D eigenvalue weighted by atomic mass is 14.9. The number of nitrogens with two attached hydrogens (primary N) is 2. The van der Waals surface area contributed by atoms with Crippen molar-refractivity contribution in [2.45, 2.75) is 19.0 Å². The molecule has 3 heteroatoms. The van der Waals surface area contributed by atoms with Gasteiger partial charge in [-0.1, -0.05) is 6.07 Å². The molecule has 0 aromatic carbocycles. The molecule has 0 fully saturated rings. The van der Waals surface area contributed by atoms with Crippen LogP contribution in [0.5, 0.6) is 0 Å². The van der Waals surface area contributed by atoms with E-state index in [1.807, 2.05) is 12.1 Å². The lowest BCUT2D eigenvalue weighted by Gasteiger charge is -2.17. The van der Waals surface area contributed by atoms with Crippen LogP contribution in [0.1, 0.15) is 12.5 Å². The highest BCUT2D eigenvalue weighted by Gasteiger charge is 2.11. The van der Waals surface area contributed by atoms with Gasteiger partial charge in [0.2, 0.25) is 0 Å². The van der Waals surface area contributed by atoms with Gasteiger partial charge in [-0.3, -0.25) is 4.98 Å². The van der Waals surface area contributed by atoms with Crippen LogP contribution >= 0.6 is 0 Å². The monoisotopic (exact) mass is 151 g/mol. The maximum absolute atomic E-state index is 5.62. The van der Waals surface area contributed by atoms with Gasteiger partial charge in [-0.2, -0.15) is 0 Å². The predicted octanol–water partition coefficient (Wildman–Crippen LogP) is 0.258. The van der Waals surface area contributed by atoms with Crippen LogP contribution in [-0.2, 0) is 6.42 Å². The van der Waals surface area contributed by atoms with E-state index in [1.54, 1.807) is 19.3 Å². The Balaban J connectivity index is 2.66. The summed E-state index contributed by atoms with van der Waals surface area (Å²) in [5.74, 6) is 0. The van der Waals surface area contributed by atoms with Crippen molar-refractivity contribution in [3.05, 3.63) is 30.1 Å². The molecule has 0 spiro atoms. The van der Waals surface area contributed by atoms with Crippen molar-refractivity contribution in [2.24, 2.45) is 11.5 Å². The van der Waals surface area contributed by atoms with Crippen molar-refractivity contribution < 1.29 is 0 Å². The Labute approximate surface area is 66.4 Å². The zero-order valence-corrected chi connectivity index (χ0v) is 6.62. The van der Waals surface area contributed by atoms with Gasteiger partial charge in [0.05, 0.1) is 5.66 Å². The molecule has 11 heavy (non-hydrogen) atoms. The molecule has 1 aromatic heterocycles. The summed E-state index contributed by atoms with van der Waals surface area (Å²) in [6.45, 7) is 1.79. The van der Waals surface area contributed by atoms with Gasteiger partial charge in [0.15, 0.2) is 0 Å². The van der Waals surface area contributed by atoms with Crippen molar-refractivity contribution in [1.82, 2.24) is 4.98 Å². The van der Waals surface area contributed by atoms with Crippen molar-refractivity contribution >= 4 is 0 Å². The molecule has 0 bridgehead atoms. The molecule has 4 N–H and O–H groups in total. The summed E-state index contributed by atoms with van der Waals surface area (Å²) in [5, 5.41) is 0. The van der Waals surface area contributed by atoms with Crippen LogP contribution in [0.2, 0.25) is 0 Å². The van der Waals surface area contributed by atoms with Gasteiger partial charge in [0.1, 0.15) is 0 Å². The second-order valence-electron chi connectivity index (χ2n) is 3.04. The Morgan fingerprint density at radius 2 is 2.27 bits per heavy atom. The average molecular weight is 151 g/mol. The fourth-order valence-electron chi connectivity index (χ4n) is 0.943. The van der Waals surface area contributed by atoms with Crippen LogP contribution in [0.25, 0.3) is 0 Å². The highest BCUT2D eigenvalue weighted by molar-refractivity contribution is 5.11. The molecule has 1 aromatic rings. The highest BCUT2D eigenvalue weighted by Crippen LogP contribution is 2.02. The number of aromatic nitrogens is 1. The van der Waals surface area contributed by atoms with E-state index in [4.69, 9.17) is 11.5 Å². The summed E-state index contributed by atoms with van der Waals surface area (Å²) in [6, 6.07) is 3.84. The summed E-state index contributed by atoms with van der Waals surface area (Å²) in [6.07, 6.45) is 4.16. The first-order chi connectivity index (χ1) is 5.08. The van der Waals surface area contributed by atoms with Crippen LogP contribution in [-0.4, -0.2) is 10.6 Å². The van der Waals surface area contributed by atoms with Crippen molar-refractivity contribution in [1.29, 1.82) is 0 Å². The summed E-state index contributed by atoms with van der Waals surface area (Å²) in [7, 11) is 0. The standard InChI is InChI=1S/C8H13N3/c1-8(9,10)5-7-3-2-4-11-6-7/h2-4,6H,5,9-10H2,1H3. The second kappa shape index (κ2) is 2.98. The number of hydrogen-bond acceptors (Lipinski definition) is 3. The number of pyridine rings is 1. The molecule has 3 nitrogen and oxygen atoms in total. The Kier molecular flexibility index (Phi) is 2.22. The van der Waals surface area contributed by atoms with E-state index in [0.29, 0.717) is 6.42 Å². The number of nitrogens with zero attached hydrogens (tertiary/aromatic N) is 1. The van der Waals surface area contributed by atoms with E-state index in [9.17, 15) is 0 Å². The molecule has 1 heterocycles. The minimum absolute atomic E-state index is 0.636. The maximum Gasteiger partial charge on any atom is 0.0649 e. The van der Waals surface area contributed by atoms with Gasteiger partial charge in [-0.25, -0.2) is 0 Å². The maximum atomic E-state index is 5.62. The minimum Gasteiger partial charge on any atom is -0.313 e. The first-order valence-electron chi connectivity index (χ1n) is 3.54. The predicted molar refractivity (Wildman–Crippen MR) is 44.7 cm³/mol. The van der Waals surface area contributed by atoms with E-state index >= 15 is 0 Å².